The molecule has 4 aromatic rings. The van der Waals surface area contributed by atoms with Gasteiger partial charge in [0.15, 0.2) is 5.65 Å². The number of aryl methyl sites for hydroxylation is 1. The number of hydrogen-bond donors (Lipinski definition) is 0. The lowest BCUT2D eigenvalue weighted by Crippen LogP contribution is -1.94. The van der Waals surface area contributed by atoms with Crippen LogP contribution in [0, 0.1) is 0 Å². The molecule has 5 nitrogen and oxygen atoms in total. The summed E-state index contributed by atoms with van der Waals surface area (Å²) >= 11 is 0. The molecule has 0 bridgehead atoms. The van der Waals surface area contributed by atoms with Gasteiger partial charge in [0.05, 0.1) is 5.69 Å². The molecule has 1 aliphatic heterocycles. The van der Waals surface area contributed by atoms with Crippen molar-refractivity contribution in [1.82, 2.24) is 24.7 Å². The summed E-state index contributed by atoms with van der Waals surface area (Å²) in [5.41, 5.74) is 6.21. The third-order valence-electron chi connectivity index (χ3n) is 4.53. The van der Waals surface area contributed by atoms with Crippen LogP contribution in [0.3, 0.4) is 0 Å². The van der Waals surface area contributed by atoms with Gasteiger partial charge in [-0.25, -0.2) is 9.97 Å². The van der Waals surface area contributed by atoms with E-state index in [9.17, 15) is 0 Å². The Morgan fingerprint density at radius 2 is 1.79 bits per heavy atom. The number of rotatable bonds is 2. The van der Waals surface area contributed by atoms with Gasteiger partial charge in [0.25, 0.3) is 0 Å². The molecule has 5 heterocycles. The van der Waals surface area contributed by atoms with E-state index in [0.717, 1.165) is 47.4 Å². The first-order valence-electron chi connectivity index (χ1n) is 8.13. The summed E-state index contributed by atoms with van der Waals surface area (Å²) in [6.07, 6.45) is 7.60. The first-order valence-corrected chi connectivity index (χ1v) is 8.13. The highest BCUT2D eigenvalue weighted by Crippen LogP contribution is 2.39. The van der Waals surface area contributed by atoms with Crippen molar-refractivity contribution in [2.45, 2.75) is 19.4 Å². The summed E-state index contributed by atoms with van der Waals surface area (Å²) in [5.74, 6) is 0. The number of pyridine rings is 3. The maximum Gasteiger partial charge on any atom is 0.159 e. The first-order chi connectivity index (χ1) is 11.9. The van der Waals surface area contributed by atoms with Crippen molar-refractivity contribution in [3.63, 3.8) is 0 Å². The van der Waals surface area contributed by atoms with E-state index in [1.165, 1.54) is 11.3 Å². The van der Waals surface area contributed by atoms with E-state index in [4.69, 9.17) is 5.10 Å². The van der Waals surface area contributed by atoms with Crippen molar-refractivity contribution in [1.29, 1.82) is 0 Å². The zero-order chi connectivity index (χ0) is 15.9. The molecule has 0 atom stereocenters. The van der Waals surface area contributed by atoms with E-state index in [-0.39, 0.29) is 0 Å². The fraction of sp³-hybridized carbons (Fsp3) is 0.158. The van der Waals surface area contributed by atoms with Gasteiger partial charge in [-0.3, -0.25) is 9.67 Å². The van der Waals surface area contributed by atoms with Gasteiger partial charge in [-0.2, -0.15) is 5.10 Å². The Morgan fingerprint density at radius 1 is 0.875 bits per heavy atom. The number of aromatic nitrogens is 5. The number of nitrogens with zero attached hydrogens (tertiary/aromatic N) is 5. The highest BCUT2D eigenvalue weighted by Gasteiger charge is 2.25. The van der Waals surface area contributed by atoms with Gasteiger partial charge in [-0.05, 0) is 48.7 Å². The van der Waals surface area contributed by atoms with Crippen molar-refractivity contribution in [3.8, 4) is 22.5 Å². The number of fused-ring (bicyclic) bond motifs is 2. The van der Waals surface area contributed by atoms with Crippen LogP contribution in [0.4, 0.5) is 0 Å². The minimum atomic E-state index is 0.764. The summed E-state index contributed by atoms with van der Waals surface area (Å²) in [6.45, 7) is 0.969. The van der Waals surface area contributed by atoms with E-state index in [1.807, 2.05) is 36.7 Å². The van der Waals surface area contributed by atoms with Crippen LogP contribution in [0.2, 0.25) is 0 Å². The summed E-state index contributed by atoms with van der Waals surface area (Å²) in [5, 5.41) is 5.91. The Hall–Kier alpha value is -3.08. The molecule has 0 unspecified atom stereocenters. The minimum absolute atomic E-state index is 0.764. The highest BCUT2D eigenvalue weighted by atomic mass is 15.3. The average molecular weight is 313 g/mol. The molecule has 24 heavy (non-hydrogen) atoms. The summed E-state index contributed by atoms with van der Waals surface area (Å²) in [4.78, 5) is 13.3. The molecule has 5 rings (SSSR count). The smallest absolute Gasteiger partial charge is 0.159 e. The Bertz CT molecular complexity index is 1030. The highest BCUT2D eigenvalue weighted by molar-refractivity contribution is 5.97. The summed E-state index contributed by atoms with van der Waals surface area (Å²) in [7, 11) is 0. The molecule has 4 aromatic heterocycles. The zero-order valence-electron chi connectivity index (χ0n) is 13.1. The zero-order valence-corrected chi connectivity index (χ0v) is 13.1. The van der Waals surface area contributed by atoms with Crippen LogP contribution in [0.5, 0.6) is 0 Å². The molecule has 0 aromatic carbocycles. The molecule has 0 fully saturated rings. The van der Waals surface area contributed by atoms with E-state index in [1.54, 1.807) is 6.20 Å². The Balaban J connectivity index is 1.84. The SMILES string of the molecule is c1ccc(-c2nn3c(c2-c2ccnc4ncccc24)CCC3)nc1. The second-order valence-corrected chi connectivity index (χ2v) is 5.95. The molecule has 116 valence electrons. The second kappa shape index (κ2) is 5.23. The summed E-state index contributed by atoms with van der Waals surface area (Å²) < 4.78 is 2.13. The molecular formula is C19H15N5. The lowest BCUT2D eigenvalue weighted by Gasteiger charge is -2.08. The van der Waals surface area contributed by atoms with Crippen molar-refractivity contribution in [2.75, 3.05) is 0 Å². The van der Waals surface area contributed by atoms with E-state index in [0.29, 0.717) is 0 Å². The Kier molecular flexibility index (Phi) is 2.91. The van der Waals surface area contributed by atoms with Crippen LogP contribution in [0.1, 0.15) is 12.1 Å². The third kappa shape index (κ3) is 1.94. The molecule has 0 spiro atoms. The molecule has 0 saturated heterocycles. The fourth-order valence-electron chi connectivity index (χ4n) is 3.50. The minimum Gasteiger partial charge on any atom is -0.268 e. The van der Waals surface area contributed by atoms with Crippen LogP contribution in [0.25, 0.3) is 33.5 Å². The van der Waals surface area contributed by atoms with Crippen LogP contribution >= 0.6 is 0 Å². The standard InChI is InChI=1S/C19H15N5/c1-2-9-20-15(6-1)18-17(16-7-4-12-24(16)23-18)13-8-11-22-19-14(13)5-3-10-21-19/h1-3,5-6,8-11H,4,7,12H2. The quantitative estimate of drug-likeness (QED) is 0.568. The largest absolute Gasteiger partial charge is 0.268 e. The monoisotopic (exact) mass is 313 g/mol. The molecule has 0 aliphatic carbocycles. The molecule has 1 aliphatic rings. The van der Waals surface area contributed by atoms with Crippen LogP contribution < -0.4 is 0 Å². The van der Waals surface area contributed by atoms with Crippen molar-refractivity contribution in [3.05, 3.63) is 60.7 Å². The topological polar surface area (TPSA) is 56.5 Å². The van der Waals surface area contributed by atoms with Gasteiger partial charge in [-0.15, -0.1) is 0 Å². The molecule has 5 heteroatoms. The van der Waals surface area contributed by atoms with E-state index < -0.39 is 0 Å². The average Bonchev–Trinajstić information content (AvgIpc) is 3.23. The Labute approximate surface area is 139 Å². The number of hydrogen-bond acceptors (Lipinski definition) is 4. The molecule has 0 amide bonds. The van der Waals surface area contributed by atoms with Gasteiger partial charge in [0.2, 0.25) is 0 Å². The fourth-order valence-corrected chi connectivity index (χ4v) is 3.50. The normalized spacial score (nSPS) is 13.3. The predicted molar refractivity (Wildman–Crippen MR) is 92.3 cm³/mol. The van der Waals surface area contributed by atoms with E-state index >= 15 is 0 Å². The van der Waals surface area contributed by atoms with Crippen LogP contribution in [-0.4, -0.2) is 24.7 Å². The first kappa shape index (κ1) is 13.4. The Morgan fingerprint density at radius 3 is 2.71 bits per heavy atom. The van der Waals surface area contributed by atoms with Crippen molar-refractivity contribution in [2.24, 2.45) is 0 Å². The van der Waals surface area contributed by atoms with Gasteiger partial charge in [0.1, 0.15) is 5.69 Å². The van der Waals surface area contributed by atoms with Crippen molar-refractivity contribution < 1.29 is 0 Å². The molecule has 0 radical (unpaired) electrons. The predicted octanol–water partition coefficient (Wildman–Crippen LogP) is 3.50. The van der Waals surface area contributed by atoms with Gasteiger partial charge < -0.3 is 0 Å². The van der Waals surface area contributed by atoms with Crippen molar-refractivity contribution >= 4 is 11.0 Å². The van der Waals surface area contributed by atoms with Gasteiger partial charge >= 0.3 is 0 Å². The lowest BCUT2D eigenvalue weighted by molar-refractivity contribution is 0.658. The summed E-state index contributed by atoms with van der Waals surface area (Å²) in [6, 6.07) is 12.0. The van der Waals surface area contributed by atoms with E-state index in [2.05, 4.69) is 31.8 Å². The third-order valence-corrected chi connectivity index (χ3v) is 4.53. The van der Waals surface area contributed by atoms with Gasteiger partial charge in [-0.1, -0.05) is 6.07 Å². The molecule has 0 N–H and O–H groups in total. The van der Waals surface area contributed by atoms with Gasteiger partial charge in [0, 0.05) is 41.8 Å². The lowest BCUT2D eigenvalue weighted by atomic mass is 9.98. The molecular weight excluding hydrogens is 298 g/mol. The van der Waals surface area contributed by atoms with Crippen LogP contribution in [0.15, 0.2) is 55.0 Å². The maximum atomic E-state index is 4.86. The molecule has 0 saturated carbocycles. The second-order valence-electron chi connectivity index (χ2n) is 5.95. The maximum absolute atomic E-state index is 4.86. The van der Waals surface area contributed by atoms with Crippen LogP contribution in [-0.2, 0) is 13.0 Å².